The van der Waals surface area contributed by atoms with Crippen LogP contribution in [0.3, 0.4) is 0 Å². The number of benzene rings is 1. The first-order valence-electron chi connectivity index (χ1n) is 5.82. The summed E-state index contributed by atoms with van der Waals surface area (Å²) in [4.78, 5) is 12.1. The van der Waals surface area contributed by atoms with Gasteiger partial charge < -0.3 is 5.32 Å². The van der Waals surface area contributed by atoms with E-state index in [1.165, 1.54) is 5.56 Å². The minimum Gasteiger partial charge on any atom is -0.350 e. The Hall–Kier alpha value is -0.830. The van der Waals surface area contributed by atoms with Crippen LogP contribution in [0.2, 0.25) is 0 Å². The summed E-state index contributed by atoms with van der Waals surface area (Å²) >= 11 is 3.50. The van der Waals surface area contributed by atoms with E-state index in [-0.39, 0.29) is 16.3 Å². The molecule has 0 radical (unpaired) electrons. The molecule has 0 bridgehead atoms. The fraction of sp³-hybridized carbons (Fsp3) is 0.500. The quantitative estimate of drug-likeness (QED) is 0.850. The number of halogens is 1. The van der Waals surface area contributed by atoms with Gasteiger partial charge in [-0.15, -0.1) is 0 Å². The zero-order chi connectivity index (χ0) is 13.1. The largest absolute Gasteiger partial charge is 0.350 e. The van der Waals surface area contributed by atoms with Crippen molar-refractivity contribution in [1.29, 1.82) is 0 Å². The van der Waals surface area contributed by atoms with Crippen LogP contribution in [0.1, 0.15) is 31.9 Å². The lowest BCUT2D eigenvalue weighted by Crippen LogP contribution is -2.49. The fourth-order valence-corrected chi connectivity index (χ4v) is 1.51. The zero-order valence-corrected chi connectivity index (χ0v) is 12.5. The summed E-state index contributed by atoms with van der Waals surface area (Å²) < 4.78 is 0. The first kappa shape index (κ1) is 14.2. The Kier molecular flexibility index (Phi) is 4.75. The summed E-state index contributed by atoms with van der Waals surface area (Å²) in [5, 5.41) is 3.03. The molecular formula is C14H20BrNO. The second-order valence-corrected chi connectivity index (χ2v) is 6.42. The van der Waals surface area contributed by atoms with Gasteiger partial charge in [-0.05, 0) is 26.3 Å². The number of carbonyl (C=O) groups excluding carboxylic acids is 1. The summed E-state index contributed by atoms with van der Waals surface area (Å²) in [5.74, 6) is 0.0603. The molecule has 1 aromatic carbocycles. The highest BCUT2D eigenvalue weighted by Gasteiger charge is 2.25. The summed E-state index contributed by atoms with van der Waals surface area (Å²) in [6, 6.07) is 8.06. The monoisotopic (exact) mass is 297 g/mol. The second-order valence-electron chi connectivity index (χ2n) is 5.05. The number of alkyl halides is 1. The summed E-state index contributed by atoms with van der Waals surface area (Å²) in [6.07, 6.45) is 0.434. The molecule has 0 saturated carbocycles. The summed E-state index contributed by atoms with van der Waals surface area (Å²) in [6.45, 7) is 8.10. The average Bonchev–Trinajstić information content (AvgIpc) is 2.20. The molecule has 2 nitrogen and oxygen atoms in total. The third kappa shape index (κ3) is 4.50. The molecule has 1 unspecified atom stereocenters. The molecule has 17 heavy (non-hydrogen) atoms. The van der Waals surface area contributed by atoms with Gasteiger partial charge in [0.1, 0.15) is 0 Å². The molecule has 1 atom stereocenters. The fourth-order valence-electron chi connectivity index (χ4n) is 1.39. The first-order valence-corrected chi connectivity index (χ1v) is 6.73. The predicted octanol–water partition coefficient (Wildman–Crippen LogP) is 3.22. The molecule has 0 aliphatic rings. The van der Waals surface area contributed by atoms with Crippen LogP contribution in [0.5, 0.6) is 0 Å². The predicted molar refractivity (Wildman–Crippen MR) is 75.5 cm³/mol. The van der Waals surface area contributed by atoms with E-state index in [2.05, 4.69) is 21.2 Å². The van der Waals surface area contributed by atoms with E-state index in [0.29, 0.717) is 6.42 Å². The Morgan fingerprint density at radius 2 is 1.88 bits per heavy atom. The first-order chi connectivity index (χ1) is 7.81. The summed E-state index contributed by atoms with van der Waals surface area (Å²) in [5.41, 5.74) is 2.02. The van der Waals surface area contributed by atoms with Crippen molar-refractivity contribution in [1.82, 2.24) is 5.32 Å². The van der Waals surface area contributed by atoms with Gasteiger partial charge >= 0.3 is 0 Å². The third-order valence-electron chi connectivity index (χ3n) is 2.94. The highest BCUT2D eigenvalue weighted by molar-refractivity contribution is 9.09. The minimum absolute atomic E-state index is 0.0603. The van der Waals surface area contributed by atoms with Crippen molar-refractivity contribution in [2.45, 2.75) is 44.5 Å². The number of carbonyl (C=O) groups is 1. The Morgan fingerprint density at radius 3 is 2.35 bits per heavy atom. The molecule has 0 fully saturated rings. The van der Waals surface area contributed by atoms with Gasteiger partial charge in [-0.2, -0.15) is 0 Å². The Labute approximate surface area is 112 Å². The maximum absolute atomic E-state index is 11.9. The van der Waals surface area contributed by atoms with Crippen LogP contribution in [0.15, 0.2) is 24.3 Å². The van der Waals surface area contributed by atoms with E-state index >= 15 is 0 Å². The Morgan fingerprint density at radius 1 is 1.35 bits per heavy atom. The number of aryl methyl sites for hydroxylation is 1. The van der Waals surface area contributed by atoms with E-state index in [1.54, 1.807) is 0 Å². The standard InChI is InChI=1S/C14H20BrNO/c1-10-5-7-12(8-6-10)9-13(17)16-14(3,4)11(2)15/h5-8,11H,9H2,1-4H3,(H,16,17). The van der Waals surface area contributed by atoms with Crippen LogP contribution < -0.4 is 5.32 Å². The van der Waals surface area contributed by atoms with Crippen LogP contribution >= 0.6 is 15.9 Å². The highest BCUT2D eigenvalue weighted by atomic mass is 79.9. The number of nitrogens with one attached hydrogen (secondary N) is 1. The van der Waals surface area contributed by atoms with Crippen molar-refractivity contribution in [3.05, 3.63) is 35.4 Å². The van der Waals surface area contributed by atoms with Gasteiger partial charge in [0, 0.05) is 10.4 Å². The molecule has 0 heterocycles. The number of rotatable bonds is 4. The third-order valence-corrected chi connectivity index (χ3v) is 4.09. The Bertz CT molecular complexity index is 382. The lowest BCUT2D eigenvalue weighted by molar-refractivity contribution is -0.121. The topological polar surface area (TPSA) is 29.1 Å². The summed E-state index contributed by atoms with van der Waals surface area (Å²) in [7, 11) is 0. The van der Waals surface area contributed by atoms with Gasteiger partial charge in [-0.3, -0.25) is 4.79 Å². The average molecular weight is 298 g/mol. The van der Waals surface area contributed by atoms with Gasteiger partial charge in [-0.25, -0.2) is 0 Å². The normalized spacial score (nSPS) is 13.2. The molecule has 0 saturated heterocycles. The van der Waals surface area contributed by atoms with Gasteiger partial charge in [0.05, 0.1) is 6.42 Å². The van der Waals surface area contributed by atoms with Gasteiger partial charge in [0.15, 0.2) is 0 Å². The molecule has 1 N–H and O–H groups in total. The molecular weight excluding hydrogens is 278 g/mol. The van der Waals surface area contributed by atoms with Crippen molar-refractivity contribution in [3.63, 3.8) is 0 Å². The molecule has 0 aliphatic heterocycles. The van der Waals surface area contributed by atoms with E-state index < -0.39 is 0 Å². The van der Waals surface area contributed by atoms with Crippen LogP contribution in [-0.2, 0) is 11.2 Å². The maximum atomic E-state index is 11.9. The van der Waals surface area contributed by atoms with Gasteiger partial charge in [0.25, 0.3) is 0 Å². The van der Waals surface area contributed by atoms with Crippen molar-refractivity contribution < 1.29 is 4.79 Å². The van der Waals surface area contributed by atoms with Gasteiger partial charge in [0.2, 0.25) is 5.91 Å². The molecule has 0 aliphatic carbocycles. The molecule has 1 aromatic rings. The maximum Gasteiger partial charge on any atom is 0.224 e. The SMILES string of the molecule is Cc1ccc(CC(=O)NC(C)(C)C(C)Br)cc1. The van der Waals surface area contributed by atoms with Gasteiger partial charge in [-0.1, -0.05) is 52.7 Å². The van der Waals surface area contributed by atoms with Crippen LogP contribution in [0.4, 0.5) is 0 Å². The van der Waals surface area contributed by atoms with Crippen LogP contribution in [0.25, 0.3) is 0 Å². The number of hydrogen-bond acceptors (Lipinski definition) is 1. The molecule has 0 aromatic heterocycles. The van der Waals surface area contributed by atoms with E-state index in [0.717, 1.165) is 5.56 Å². The van der Waals surface area contributed by atoms with Crippen molar-refractivity contribution in [3.8, 4) is 0 Å². The molecule has 0 spiro atoms. The second kappa shape index (κ2) is 5.67. The van der Waals surface area contributed by atoms with Crippen LogP contribution in [-0.4, -0.2) is 16.3 Å². The van der Waals surface area contributed by atoms with Crippen molar-refractivity contribution in [2.75, 3.05) is 0 Å². The molecule has 1 rings (SSSR count). The molecule has 94 valence electrons. The number of amides is 1. The highest BCUT2D eigenvalue weighted by Crippen LogP contribution is 2.16. The van der Waals surface area contributed by atoms with Crippen molar-refractivity contribution >= 4 is 21.8 Å². The Balaban J connectivity index is 2.59. The smallest absolute Gasteiger partial charge is 0.224 e. The van der Waals surface area contributed by atoms with E-state index in [1.807, 2.05) is 52.0 Å². The zero-order valence-electron chi connectivity index (χ0n) is 10.9. The lowest BCUT2D eigenvalue weighted by atomic mass is 10.0. The van der Waals surface area contributed by atoms with E-state index in [4.69, 9.17) is 0 Å². The minimum atomic E-state index is -0.234. The molecule has 1 amide bonds. The number of hydrogen-bond donors (Lipinski definition) is 1. The van der Waals surface area contributed by atoms with Crippen LogP contribution in [0, 0.1) is 6.92 Å². The lowest BCUT2D eigenvalue weighted by Gasteiger charge is -2.29. The molecule has 3 heteroatoms. The van der Waals surface area contributed by atoms with Crippen molar-refractivity contribution in [2.24, 2.45) is 0 Å². The van der Waals surface area contributed by atoms with E-state index in [9.17, 15) is 4.79 Å².